The summed E-state index contributed by atoms with van der Waals surface area (Å²) in [5.74, 6) is -3.30. The van der Waals surface area contributed by atoms with Crippen LogP contribution in [-0.4, -0.2) is 79.6 Å². The second-order valence-corrected chi connectivity index (χ2v) is 9.89. The molecule has 18 heteroatoms. The normalized spacial score (nSPS) is 18.0. The number of carboxylic acid groups (broad SMARTS) is 1. The van der Waals surface area contributed by atoms with E-state index in [0.717, 1.165) is 11.3 Å². The molecule has 2 aliphatic rings. The summed E-state index contributed by atoms with van der Waals surface area (Å²) in [6, 6.07) is 4.38. The average molecular weight is 591 g/mol. The van der Waals surface area contributed by atoms with Crippen molar-refractivity contribution in [2.24, 2.45) is 5.16 Å². The van der Waals surface area contributed by atoms with Gasteiger partial charge in [-0.3, -0.25) is 29.4 Å². The molecule has 2 aromatic rings. The number of benzene rings is 1. The number of esters is 1. The first-order valence-corrected chi connectivity index (χ1v) is 13.1. The smallest absolute Gasteiger partial charge is 0.355 e. The third kappa shape index (κ3) is 6.24. The number of carboxylic acids is 1. The van der Waals surface area contributed by atoms with Crippen LogP contribution < -0.4 is 10.6 Å². The van der Waals surface area contributed by atoms with Gasteiger partial charge in [-0.1, -0.05) is 5.16 Å². The van der Waals surface area contributed by atoms with E-state index in [1.807, 2.05) is 0 Å². The fraction of sp³-hybridized carbons (Fsp3) is 0.227. The number of fused-ring (bicyclic) bond motifs is 1. The number of aromatic nitrogens is 1. The van der Waals surface area contributed by atoms with Crippen molar-refractivity contribution in [3.8, 4) is 0 Å². The Morgan fingerprint density at radius 3 is 2.73 bits per heavy atom. The predicted molar refractivity (Wildman–Crippen MR) is 138 cm³/mol. The summed E-state index contributed by atoms with van der Waals surface area (Å²) in [7, 11) is 0. The van der Waals surface area contributed by atoms with Gasteiger partial charge in [0.05, 0.1) is 4.92 Å². The van der Waals surface area contributed by atoms with Crippen LogP contribution in [0.25, 0.3) is 0 Å². The molecule has 1 aromatic heterocycles. The molecule has 1 saturated heterocycles. The van der Waals surface area contributed by atoms with Gasteiger partial charge in [0.15, 0.2) is 10.8 Å². The summed E-state index contributed by atoms with van der Waals surface area (Å²) in [4.78, 5) is 80.3. The molecule has 3 heterocycles. The summed E-state index contributed by atoms with van der Waals surface area (Å²) < 4.78 is 5.28. The molecule has 0 aliphatic carbocycles. The lowest BCUT2D eigenvalue weighted by Gasteiger charge is -2.48. The highest BCUT2D eigenvalue weighted by molar-refractivity contribution is 8.00. The molecule has 2 atom stereocenters. The maximum Gasteiger partial charge on any atom is 0.355 e. The van der Waals surface area contributed by atoms with Crippen molar-refractivity contribution in [2.45, 2.75) is 18.0 Å². The zero-order valence-electron chi connectivity index (χ0n) is 20.0. The van der Waals surface area contributed by atoms with Gasteiger partial charge in [-0.15, -0.1) is 23.1 Å². The molecule has 16 nitrogen and oxygen atoms in total. The van der Waals surface area contributed by atoms with Crippen LogP contribution in [0, 0.1) is 10.1 Å². The van der Waals surface area contributed by atoms with Gasteiger partial charge in [-0.25, -0.2) is 14.6 Å². The maximum absolute atomic E-state index is 13.0. The van der Waals surface area contributed by atoms with Crippen LogP contribution in [0.2, 0.25) is 0 Å². The van der Waals surface area contributed by atoms with Gasteiger partial charge in [0, 0.05) is 23.3 Å². The number of oxime groups is 1. The topological polar surface area (TPSA) is 220 Å². The lowest BCUT2D eigenvalue weighted by molar-refractivity contribution is -0.384. The first kappa shape index (κ1) is 28.2. The van der Waals surface area contributed by atoms with Crippen LogP contribution >= 0.6 is 23.1 Å². The lowest BCUT2D eigenvalue weighted by Crippen LogP contribution is -2.70. The number of ether oxygens (including phenoxy) is 1. The zero-order valence-corrected chi connectivity index (χ0v) is 21.7. The Kier molecular flexibility index (Phi) is 8.70. The van der Waals surface area contributed by atoms with Crippen molar-refractivity contribution >= 4 is 69.8 Å². The number of nitro benzene ring substituents is 1. The van der Waals surface area contributed by atoms with E-state index in [-0.39, 0.29) is 28.8 Å². The van der Waals surface area contributed by atoms with E-state index < -0.39 is 52.4 Å². The van der Waals surface area contributed by atoms with Crippen molar-refractivity contribution in [1.82, 2.24) is 15.2 Å². The molecule has 4 rings (SSSR count). The fourth-order valence-electron chi connectivity index (χ4n) is 3.53. The van der Waals surface area contributed by atoms with Crippen LogP contribution in [0.3, 0.4) is 0 Å². The largest absolute Gasteiger partial charge is 0.479 e. The molecule has 2 aliphatic heterocycles. The predicted octanol–water partition coefficient (Wildman–Crippen LogP) is 0.452. The van der Waals surface area contributed by atoms with E-state index in [0.29, 0.717) is 17.7 Å². The Bertz CT molecular complexity index is 1420. The van der Waals surface area contributed by atoms with Crippen LogP contribution in [-0.2, 0) is 40.2 Å². The third-order valence-electron chi connectivity index (χ3n) is 5.35. The lowest BCUT2D eigenvalue weighted by atomic mass is 10.0. The molecule has 0 spiro atoms. The van der Waals surface area contributed by atoms with Crippen molar-refractivity contribution < 1.29 is 43.6 Å². The number of nitrogens with zero attached hydrogens (tertiary/aromatic N) is 4. The number of β-lactam (4-membered cyclic amide) rings is 1. The molecule has 3 amide bonds. The number of carbonyl (C=O) groups excluding carboxylic acids is 4. The highest BCUT2D eigenvalue weighted by Gasteiger charge is 2.53. The maximum atomic E-state index is 13.0. The first-order chi connectivity index (χ1) is 19.2. The number of thioether (sulfide) groups is 1. The van der Waals surface area contributed by atoms with Crippen LogP contribution in [0.4, 0.5) is 10.8 Å². The fourth-order valence-corrected chi connectivity index (χ4v) is 5.38. The molecule has 208 valence electrons. The third-order valence-corrected chi connectivity index (χ3v) is 7.30. The molecule has 1 aromatic carbocycles. The minimum Gasteiger partial charge on any atom is -0.479 e. The van der Waals surface area contributed by atoms with Gasteiger partial charge < -0.3 is 25.3 Å². The molecular formula is C22H18N6O10S2. The van der Waals surface area contributed by atoms with Gasteiger partial charge in [-0.05, 0) is 23.8 Å². The van der Waals surface area contributed by atoms with Crippen molar-refractivity contribution in [3.63, 3.8) is 0 Å². The highest BCUT2D eigenvalue weighted by atomic mass is 32.2. The Balaban J connectivity index is 1.41. The summed E-state index contributed by atoms with van der Waals surface area (Å²) in [6.45, 7) is -1.02. The molecule has 1 unspecified atom stereocenters. The SMILES string of the molecule is O=CNc1nc(C(=NOCC(=O)O)C(=O)NC2C(=O)N3C(C(=O)OCc4ccc([N+](=O)[O-])cc4)=CCS[C@H]23)cs1. The molecule has 0 saturated carbocycles. The number of thiazole rings is 1. The second kappa shape index (κ2) is 12.3. The van der Waals surface area contributed by atoms with Crippen LogP contribution in [0.5, 0.6) is 0 Å². The highest BCUT2D eigenvalue weighted by Crippen LogP contribution is 2.38. The van der Waals surface area contributed by atoms with Crippen molar-refractivity contribution in [1.29, 1.82) is 0 Å². The van der Waals surface area contributed by atoms with E-state index in [2.05, 4.69) is 20.8 Å². The quantitative estimate of drug-likeness (QED) is 0.0766. The van der Waals surface area contributed by atoms with Crippen LogP contribution in [0.1, 0.15) is 11.3 Å². The summed E-state index contributed by atoms with van der Waals surface area (Å²) in [5.41, 5.74) is -0.0798. The van der Waals surface area contributed by atoms with Gasteiger partial charge in [0.25, 0.3) is 17.5 Å². The number of amides is 3. The molecule has 0 bridgehead atoms. The van der Waals surface area contributed by atoms with Crippen molar-refractivity contribution in [3.05, 3.63) is 62.8 Å². The average Bonchev–Trinajstić information content (AvgIpc) is 3.40. The number of rotatable bonds is 12. The summed E-state index contributed by atoms with van der Waals surface area (Å²) >= 11 is 2.25. The molecule has 3 N–H and O–H groups in total. The number of carbonyl (C=O) groups is 5. The van der Waals surface area contributed by atoms with Crippen molar-refractivity contribution in [2.75, 3.05) is 17.7 Å². The summed E-state index contributed by atoms with van der Waals surface area (Å²) in [6.07, 6.45) is 1.89. The monoisotopic (exact) mass is 590 g/mol. The number of non-ortho nitro benzene ring substituents is 1. The Hall–Kier alpha value is -4.84. The first-order valence-electron chi connectivity index (χ1n) is 11.1. The molecule has 40 heavy (non-hydrogen) atoms. The number of nitro groups is 1. The number of hydrogen-bond acceptors (Lipinski definition) is 13. The number of aliphatic carboxylic acids is 1. The van der Waals surface area contributed by atoms with E-state index in [9.17, 15) is 34.1 Å². The van der Waals surface area contributed by atoms with E-state index >= 15 is 0 Å². The zero-order chi connectivity index (χ0) is 28.8. The van der Waals surface area contributed by atoms with Gasteiger partial charge in [0.1, 0.15) is 29.4 Å². The number of anilines is 1. The summed E-state index contributed by atoms with van der Waals surface area (Å²) in [5, 5.41) is 28.8. The minimum atomic E-state index is -1.34. The Morgan fingerprint density at radius 2 is 2.05 bits per heavy atom. The van der Waals surface area contributed by atoms with Crippen LogP contribution in [0.15, 0.2) is 46.6 Å². The van der Waals surface area contributed by atoms with E-state index in [1.165, 1.54) is 52.4 Å². The number of hydrogen-bond donors (Lipinski definition) is 3. The van der Waals surface area contributed by atoms with Gasteiger partial charge in [0.2, 0.25) is 13.0 Å². The van der Waals surface area contributed by atoms with Gasteiger partial charge >= 0.3 is 11.9 Å². The Labute approximate surface area is 232 Å². The Morgan fingerprint density at radius 1 is 1.30 bits per heavy atom. The van der Waals surface area contributed by atoms with E-state index in [4.69, 9.17) is 14.7 Å². The van der Waals surface area contributed by atoms with E-state index in [1.54, 1.807) is 0 Å². The minimum absolute atomic E-state index is 0.0103. The number of nitrogens with one attached hydrogen (secondary N) is 2. The second-order valence-electron chi connectivity index (χ2n) is 7.88. The van der Waals surface area contributed by atoms with Gasteiger partial charge in [-0.2, -0.15) is 0 Å². The molecular weight excluding hydrogens is 572 g/mol. The molecule has 1 fully saturated rings. The standard InChI is InChI=1S/C22H18N6O10S2/c29-10-23-22-24-13(9-40-22)16(26-38-8-15(30)31)18(32)25-17-19(33)27-14(5-6-39-20(17)27)21(34)37-7-11-1-3-12(4-2-11)28(35)36/h1-5,9-10,17,20H,6-8H2,(H,25,32)(H,30,31)(H,23,24,29)/t17?,20-/m1/s1. The molecule has 0 radical (unpaired) electrons.